The van der Waals surface area contributed by atoms with E-state index >= 15 is 0 Å². The van der Waals surface area contributed by atoms with Gasteiger partial charge in [-0.1, -0.05) is 26.0 Å². The van der Waals surface area contributed by atoms with Gasteiger partial charge in [0.1, 0.15) is 0 Å². The lowest BCUT2D eigenvalue weighted by molar-refractivity contribution is -0.151. The number of allylic oxidation sites excluding steroid dienone is 2. The summed E-state index contributed by atoms with van der Waals surface area (Å²) < 4.78 is 0. The van der Waals surface area contributed by atoms with Crippen LogP contribution < -0.4 is 0 Å². The lowest BCUT2D eigenvalue weighted by atomic mass is 9.81. The van der Waals surface area contributed by atoms with E-state index in [1.165, 1.54) is 0 Å². The topological polar surface area (TPSA) is 57.6 Å². The number of carboxylic acids is 1. The van der Waals surface area contributed by atoms with Crippen molar-refractivity contribution in [3.8, 4) is 0 Å². The molecule has 1 N–H and O–H groups in total. The van der Waals surface area contributed by atoms with Crippen molar-refractivity contribution in [2.24, 2.45) is 29.6 Å². The first-order chi connectivity index (χ1) is 9.50. The zero-order valence-corrected chi connectivity index (χ0v) is 12.2. The number of carbonyl (C=O) groups excluding carboxylic acids is 1. The van der Waals surface area contributed by atoms with E-state index < -0.39 is 11.9 Å². The third-order valence-electron chi connectivity index (χ3n) is 5.38. The molecule has 110 valence electrons. The van der Waals surface area contributed by atoms with Crippen LogP contribution in [0.3, 0.4) is 0 Å². The predicted molar refractivity (Wildman–Crippen MR) is 74.9 cm³/mol. The summed E-state index contributed by atoms with van der Waals surface area (Å²) in [6.45, 7) is 5.09. The normalized spacial score (nSPS) is 39.0. The first-order valence-corrected chi connectivity index (χ1v) is 7.72. The minimum atomic E-state index is -0.805. The second-order valence-corrected chi connectivity index (χ2v) is 6.82. The molecule has 5 atom stereocenters. The standard InChI is InChI=1S/C16H23NO3/c1-9(2)12-4-3-7-17(12)15(18)13-10-5-6-11(8-10)14(13)16(19)20/h5-6,9-14H,3-4,7-8H2,1-2H3,(H,19,20)/t10?,11?,12?,13-,14+/m0/s1. The summed E-state index contributed by atoms with van der Waals surface area (Å²) in [6, 6.07) is 0.292. The molecule has 2 bridgehead atoms. The number of amides is 1. The summed E-state index contributed by atoms with van der Waals surface area (Å²) in [5, 5.41) is 9.47. The zero-order chi connectivity index (χ0) is 14.4. The van der Waals surface area contributed by atoms with E-state index in [1.807, 2.05) is 11.0 Å². The average molecular weight is 277 g/mol. The number of fused-ring (bicyclic) bond motifs is 2. The van der Waals surface area contributed by atoms with E-state index in [2.05, 4.69) is 19.9 Å². The van der Waals surface area contributed by atoms with Crippen LogP contribution in [-0.2, 0) is 9.59 Å². The number of carbonyl (C=O) groups is 2. The molecule has 0 aromatic rings. The lowest BCUT2D eigenvalue weighted by Crippen LogP contribution is -2.46. The minimum absolute atomic E-state index is 0.0616. The SMILES string of the molecule is CC(C)C1CCCN1C(=O)[C@H]1C2C=CC(C2)[C@H]1C(=O)O. The summed E-state index contributed by atoms with van der Waals surface area (Å²) in [6.07, 6.45) is 7.00. The van der Waals surface area contributed by atoms with E-state index in [9.17, 15) is 14.7 Å². The van der Waals surface area contributed by atoms with Crippen molar-refractivity contribution in [1.29, 1.82) is 0 Å². The van der Waals surface area contributed by atoms with Crippen molar-refractivity contribution in [2.45, 2.75) is 39.2 Å². The Bertz CT molecular complexity index is 457. The van der Waals surface area contributed by atoms with Gasteiger partial charge in [-0.3, -0.25) is 9.59 Å². The van der Waals surface area contributed by atoms with Gasteiger partial charge in [0.05, 0.1) is 11.8 Å². The highest BCUT2D eigenvalue weighted by Crippen LogP contribution is 2.49. The van der Waals surface area contributed by atoms with Crippen LogP contribution in [0.15, 0.2) is 12.2 Å². The first kappa shape index (κ1) is 13.7. The highest BCUT2D eigenvalue weighted by Gasteiger charge is 2.53. The molecule has 1 aliphatic heterocycles. The number of hydrogen-bond acceptors (Lipinski definition) is 2. The Labute approximate surface area is 119 Å². The zero-order valence-electron chi connectivity index (χ0n) is 12.2. The molecular formula is C16H23NO3. The largest absolute Gasteiger partial charge is 0.481 e. The van der Waals surface area contributed by atoms with Crippen LogP contribution >= 0.6 is 0 Å². The van der Waals surface area contributed by atoms with Crippen LogP contribution in [0.4, 0.5) is 0 Å². The molecule has 3 unspecified atom stereocenters. The molecule has 2 fully saturated rings. The molecule has 3 aliphatic rings. The fourth-order valence-electron chi connectivity index (χ4n) is 4.45. The highest BCUT2D eigenvalue weighted by atomic mass is 16.4. The van der Waals surface area contributed by atoms with Crippen molar-refractivity contribution < 1.29 is 14.7 Å². The van der Waals surface area contributed by atoms with Crippen LogP contribution in [-0.4, -0.2) is 34.5 Å². The third-order valence-corrected chi connectivity index (χ3v) is 5.38. The number of rotatable bonds is 3. The molecule has 1 heterocycles. The van der Waals surface area contributed by atoms with Crippen molar-refractivity contribution in [1.82, 2.24) is 4.90 Å². The van der Waals surface area contributed by atoms with Gasteiger partial charge in [0.25, 0.3) is 0 Å². The Morgan fingerprint density at radius 1 is 1.20 bits per heavy atom. The first-order valence-electron chi connectivity index (χ1n) is 7.72. The summed E-state index contributed by atoms with van der Waals surface area (Å²) in [4.78, 5) is 26.4. The number of carboxylic acid groups (broad SMARTS) is 1. The molecule has 4 heteroatoms. The van der Waals surface area contributed by atoms with Gasteiger partial charge >= 0.3 is 5.97 Å². The summed E-state index contributed by atoms with van der Waals surface area (Å²) in [5.74, 6) is -0.911. The molecule has 1 saturated carbocycles. The molecule has 20 heavy (non-hydrogen) atoms. The van der Waals surface area contributed by atoms with Crippen LogP contribution in [0.1, 0.15) is 33.1 Å². The van der Waals surface area contributed by atoms with Gasteiger partial charge in [0, 0.05) is 12.6 Å². The Balaban J connectivity index is 1.83. The number of likely N-dealkylation sites (tertiary alicyclic amines) is 1. The molecule has 1 saturated heterocycles. The molecule has 0 radical (unpaired) electrons. The van der Waals surface area contributed by atoms with Gasteiger partial charge in [-0.2, -0.15) is 0 Å². The van der Waals surface area contributed by atoms with Gasteiger partial charge in [-0.15, -0.1) is 0 Å². The summed E-state index contributed by atoms with van der Waals surface area (Å²) in [7, 11) is 0. The maximum atomic E-state index is 12.9. The van der Waals surface area contributed by atoms with Crippen molar-refractivity contribution in [3.05, 3.63) is 12.2 Å². The van der Waals surface area contributed by atoms with Crippen LogP contribution in [0.5, 0.6) is 0 Å². The van der Waals surface area contributed by atoms with E-state index in [0.29, 0.717) is 12.0 Å². The van der Waals surface area contributed by atoms with E-state index in [0.717, 1.165) is 25.8 Å². The van der Waals surface area contributed by atoms with E-state index in [-0.39, 0.29) is 23.7 Å². The number of aliphatic carboxylic acids is 1. The maximum Gasteiger partial charge on any atom is 0.307 e. The molecular weight excluding hydrogens is 254 g/mol. The molecule has 3 rings (SSSR count). The van der Waals surface area contributed by atoms with Gasteiger partial charge in [-0.25, -0.2) is 0 Å². The minimum Gasteiger partial charge on any atom is -0.481 e. The quantitative estimate of drug-likeness (QED) is 0.804. The van der Waals surface area contributed by atoms with Crippen molar-refractivity contribution in [3.63, 3.8) is 0 Å². The van der Waals surface area contributed by atoms with Crippen LogP contribution in [0, 0.1) is 29.6 Å². The molecule has 0 spiro atoms. The van der Waals surface area contributed by atoms with Gasteiger partial charge in [0.2, 0.25) is 5.91 Å². The number of nitrogens with zero attached hydrogens (tertiary/aromatic N) is 1. The molecule has 4 nitrogen and oxygen atoms in total. The third kappa shape index (κ3) is 1.97. The summed E-state index contributed by atoms with van der Waals surface area (Å²) >= 11 is 0. The average Bonchev–Trinajstić information content (AvgIpc) is 3.10. The summed E-state index contributed by atoms with van der Waals surface area (Å²) in [5.41, 5.74) is 0. The molecule has 0 aromatic heterocycles. The molecule has 0 aromatic carbocycles. The van der Waals surface area contributed by atoms with Gasteiger partial charge in [0.15, 0.2) is 0 Å². The number of hydrogen-bond donors (Lipinski definition) is 1. The second kappa shape index (κ2) is 4.90. The Morgan fingerprint density at radius 3 is 2.45 bits per heavy atom. The fourth-order valence-corrected chi connectivity index (χ4v) is 4.45. The molecule has 1 amide bonds. The van der Waals surface area contributed by atoms with Gasteiger partial charge < -0.3 is 10.0 Å². The van der Waals surface area contributed by atoms with Crippen molar-refractivity contribution >= 4 is 11.9 Å². The Hall–Kier alpha value is -1.32. The van der Waals surface area contributed by atoms with Crippen molar-refractivity contribution in [2.75, 3.05) is 6.54 Å². The fraction of sp³-hybridized carbons (Fsp3) is 0.750. The Morgan fingerprint density at radius 2 is 1.85 bits per heavy atom. The molecule has 2 aliphatic carbocycles. The lowest BCUT2D eigenvalue weighted by Gasteiger charge is -2.33. The predicted octanol–water partition coefficient (Wildman–Crippen LogP) is 2.16. The monoisotopic (exact) mass is 277 g/mol. The Kier molecular flexibility index (Phi) is 3.35. The maximum absolute atomic E-state index is 12.9. The van der Waals surface area contributed by atoms with Crippen LogP contribution in [0.25, 0.3) is 0 Å². The van der Waals surface area contributed by atoms with E-state index in [4.69, 9.17) is 0 Å². The second-order valence-electron chi connectivity index (χ2n) is 6.82. The van der Waals surface area contributed by atoms with Crippen LogP contribution in [0.2, 0.25) is 0 Å². The highest BCUT2D eigenvalue weighted by molar-refractivity contribution is 5.87. The van der Waals surface area contributed by atoms with E-state index in [1.54, 1.807) is 0 Å². The van der Waals surface area contributed by atoms with Gasteiger partial charge in [-0.05, 0) is 37.0 Å². The smallest absolute Gasteiger partial charge is 0.307 e.